The highest BCUT2D eigenvalue weighted by Gasteiger charge is 2.11. The van der Waals surface area contributed by atoms with Gasteiger partial charge in [-0.2, -0.15) is 0 Å². The van der Waals surface area contributed by atoms with E-state index in [4.69, 9.17) is 0 Å². The first-order valence-electron chi connectivity index (χ1n) is 8.25. The van der Waals surface area contributed by atoms with Crippen LogP contribution in [0.15, 0.2) is 66.7 Å². The molecule has 25 heavy (non-hydrogen) atoms. The highest BCUT2D eigenvalue weighted by molar-refractivity contribution is 6.11. The third kappa shape index (κ3) is 2.66. The van der Waals surface area contributed by atoms with E-state index in [1.807, 2.05) is 30.3 Å². The number of rotatable bonds is 3. The molecule has 0 spiro atoms. The van der Waals surface area contributed by atoms with Gasteiger partial charge in [0, 0.05) is 39.6 Å². The van der Waals surface area contributed by atoms with Crippen LogP contribution in [0.4, 0.5) is 10.1 Å². The fourth-order valence-electron chi connectivity index (χ4n) is 3.28. The number of hydrogen-bond donors (Lipinski definition) is 1. The normalized spacial score (nSPS) is 11.1. The number of hydrogen-bond acceptors (Lipinski definition) is 1. The summed E-state index contributed by atoms with van der Waals surface area (Å²) < 4.78 is 15.3. The quantitative estimate of drug-likeness (QED) is 0.549. The first-order valence-corrected chi connectivity index (χ1v) is 8.25. The van der Waals surface area contributed by atoms with E-state index in [1.165, 1.54) is 29.8 Å². The summed E-state index contributed by atoms with van der Waals surface area (Å²) in [5.74, 6) is -0.607. The van der Waals surface area contributed by atoms with Crippen LogP contribution in [-0.2, 0) is 6.54 Å². The SMILES string of the molecule is CCn1c2ccccc2c2cc(NC(=O)c3ccc(F)cc3)ccc21. The lowest BCUT2D eigenvalue weighted by Gasteiger charge is -2.07. The number of fused-ring (bicyclic) bond motifs is 3. The highest BCUT2D eigenvalue weighted by Crippen LogP contribution is 2.31. The predicted octanol–water partition coefficient (Wildman–Crippen LogP) is 5.21. The summed E-state index contributed by atoms with van der Waals surface area (Å²) in [6, 6.07) is 19.7. The number of para-hydroxylation sites is 1. The van der Waals surface area contributed by atoms with Gasteiger partial charge < -0.3 is 9.88 Å². The molecular formula is C21H17FN2O. The van der Waals surface area contributed by atoms with E-state index in [0.717, 1.165) is 28.5 Å². The molecule has 4 aromatic rings. The predicted molar refractivity (Wildman–Crippen MR) is 99.5 cm³/mol. The monoisotopic (exact) mass is 332 g/mol. The second-order valence-corrected chi connectivity index (χ2v) is 5.95. The zero-order valence-electron chi connectivity index (χ0n) is 13.8. The van der Waals surface area contributed by atoms with Crippen molar-refractivity contribution in [1.82, 2.24) is 4.57 Å². The van der Waals surface area contributed by atoms with Crippen LogP contribution in [0.5, 0.6) is 0 Å². The van der Waals surface area contributed by atoms with E-state index in [0.29, 0.717) is 5.56 Å². The molecule has 0 bridgehead atoms. The number of benzene rings is 3. The second kappa shape index (κ2) is 6.06. The van der Waals surface area contributed by atoms with Crippen molar-refractivity contribution in [3.63, 3.8) is 0 Å². The molecule has 3 aromatic carbocycles. The van der Waals surface area contributed by atoms with E-state index in [-0.39, 0.29) is 11.7 Å². The van der Waals surface area contributed by atoms with Gasteiger partial charge in [0.15, 0.2) is 0 Å². The molecule has 3 nitrogen and oxygen atoms in total. The van der Waals surface area contributed by atoms with Crippen LogP contribution < -0.4 is 5.32 Å². The summed E-state index contributed by atoms with van der Waals surface area (Å²) in [5, 5.41) is 5.16. The molecule has 4 heteroatoms. The lowest BCUT2D eigenvalue weighted by molar-refractivity contribution is 0.102. The van der Waals surface area contributed by atoms with Gasteiger partial charge in [0.05, 0.1) is 0 Å². The molecule has 1 aromatic heterocycles. The Bertz CT molecular complexity index is 1080. The Balaban J connectivity index is 1.75. The minimum absolute atomic E-state index is 0.251. The first-order chi connectivity index (χ1) is 12.2. The topological polar surface area (TPSA) is 34.0 Å². The number of nitrogens with zero attached hydrogens (tertiary/aromatic N) is 1. The standard InChI is InChI=1S/C21H17FN2O/c1-2-24-19-6-4-3-5-17(19)18-13-16(11-12-20(18)24)23-21(25)14-7-9-15(22)10-8-14/h3-13H,2H2,1H3,(H,23,25). The number of halogens is 1. The molecule has 1 heterocycles. The summed E-state index contributed by atoms with van der Waals surface area (Å²) in [6.45, 7) is 3.00. The fraction of sp³-hybridized carbons (Fsp3) is 0.0952. The van der Waals surface area contributed by atoms with Gasteiger partial charge in [-0.3, -0.25) is 4.79 Å². The number of nitrogens with one attached hydrogen (secondary N) is 1. The van der Waals surface area contributed by atoms with E-state index in [2.05, 4.69) is 28.9 Å². The molecule has 0 saturated carbocycles. The van der Waals surface area contributed by atoms with Crippen LogP contribution in [0.25, 0.3) is 21.8 Å². The van der Waals surface area contributed by atoms with Gasteiger partial charge in [-0.25, -0.2) is 4.39 Å². The maximum atomic E-state index is 13.0. The average Bonchev–Trinajstić information content (AvgIpc) is 2.95. The number of aromatic nitrogens is 1. The third-order valence-corrected chi connectivity index (χ3v) is 4.45. The maximum absolute atomic E-state index is 13.0. The maximum Gasteiger partial charge on any atom is 0.255 e. The highest BCUT2D eigenvalue weighted by atomic mass is 19.1. The molecule has 0 aliphatic rings. The van der Waals surface area contributed by atoms with Crippen molar-refractivity contribution in [2.75, 3.05) is 5.32 Å². The van der Waals surface area contributed by atoms with Crippen LogP contribution in [-0.4, -0.2) is 10.5 Å². The van der Waals surface area contributed by atoms with Gasteiger partial charge in [-0.05, 0) is 55.5 Å². The molecule has 4 rings (SSSR count). The van der Waals surface area contributed by atoms with Crippen molar-refractivity contribution >= 4 is 33.4 Å². The van der Waals surface area contributed by atoms with Gasteiger partial charge in [-0.15, -0.1) is 0 Å². The summed E-state index contributed by atoms with van der Waals surface area (Å²) in [4.78, 5) is 12.3. The van der Waals surface area contributed by atoms with Crippen LogP contribution in [0.2, 0.25) is 0 Å². The van der Waals surface area contributed by atoms with Gasteiger partial charge in [0.2, 0.25) is 0 Å². The Hall–Kier alpha value is -3.14. The Morgan fingerprint density at radius 1 is 0.960 bits per heavy atom. The summed E-state index contributed by atoms with van der Waals surface area (Å²) in [7, 11) is 0. The number of amides is 1. The molecule has 0 aliphatic heterocycles. The van der Waals surface area contributed by atoms with Crippen LogP contribution in [0.1, 0.15) is 17.3 Å². The smallest absolute Gasteiger partial charge is 0.255 e. The third-order valence-electron chi connectivity index (χ3n) is 4.45. The molecule has 0 atom stereocenters. The zero-order chi connectivity index (χ0) is 17.4. The number of carbonyl (C=O) groups is 1. The van der Waals surface area contributed by atoms with Crippen molar-refractivity contribution in [2.24, 2.45) is 0 Å². The molecule has 1 amide bonds. The fourth-order valence-corrected chi connectivity index (χ4v) is 3.28. The van der Waals surface area contributed by atoms with E-state index < -0.39 is 0 Å². The first kappa shape index (κ1) is 15.4. The molecule has 124 valence electrons. The van der Waals surface area contributed by atoms with Crippen molar-refractivity contribution in [3.8, 4) is 0 Å². The van der Waals surface area contributed by atoms with Gasteiger partial charge in [-0.1, -0.05) is 18.2 Å². The molecule has 0 unspecified atom stereocenters. The lowest BCUT2D eigenvalue weighted by Crippen LogP contribution is -2.11. The Labute approximate surface area is 144 Å². The Morgan fingerprint density at radius 3 is 2.44 bits per heavy atom. The van der Waals surface area contributed by atoms with Crippen LogP contribution >= 0.6 is 0 Å². The summed E-state index contributed by atoms with van der Waals surface area (Å²) in [6.07, 6.45) is 0. The van der Waals surface area contributed by atoms with Gasteiger partial charge >= 0.3 is 0 Å². The molecule has 0 fully saturated rings. The molecule has 0 radical (unpaired) electrons. The van der Waals surface area contributed by atoms with Gasteiger partial charge in [0.25, 0.3) is 5.91 Å². The van der Waals surface area contributed by atoms with Crippen molar-refractivity contribution in [3.05, 3.63) is 78.1 Å². The van der Waals surface area contributed by atoms with E-state index >= 15 is 0 Å². The molecular weight excluding hydrogens is 315 g/mol. The van der Waals surface area contributed by atoms with Crippen molar-refractivity contribution in [1.29, 1.82) is 0 Å². The number of carbonyl (C=O) groups excluding carboxylic acids is 1. The zero-order valence-corrected chi connectivity index (χ0v) is 13.8. The molecule has 1 N–H and O–H groups in total. The minimum atomic E-state index is -0.356. The second-order valence-electron chi connectivity index (χ2n) is 5.95. The van der Waals surface area contributed by atoms with Crippen LogP contribution in [0.3, 0.4) is 0 Å². The summed E-state index contributed by atoms with van der Waals surface area (Å²) in [5.41, 5.74) is 3.48. The molecule has 0 saturated heterocycles. The lowest BCUT2D eigenvalue weighted by atomic mass is 10.1. The number of anilines is 1. The van der Waals surface area contributed by atoms with Crippen molar-refractivity contribution in [2.45, 2.75) is 13.5 Å². The summed E-state index contributed by atoms with van der Waals surface area (Å²) >= 11 is 0. The average molecular weight is 332 g/mol. The van der Waals surface area contributed by atoms with E-state index in [1.54, 1.807) is 0 Å². The minimum Gasteiger partial charge on any atom is -0.341 e. The molecule has 0 aliphatic carbocycles. The number of aryl methyl sites for hydroxylation is 1. The van der Waals surface area contributed by atoms with Gasteiger partial charge in [0.1, 0.15) is 5.82 Å². The van der Waals surface area contributed by atoms with Crippen LogP contribution in [0, 0.1) is 5.82 Å². The largest absolute Gasteiger partial charge is 0.341 e. The van der Waals surface area contributed by atoms with Crippen molar-refractivity contribution < 1.29 is 9.18 Å². The van der Waals surface area contributed by atoms with E-state index in [9.17, 15) is 9.18 Å². The Morgan fingerprint density at radius 2 is 1.68 bits per heavy atom. The Kier molecular flexibility index (Phi) is 3.73.